The van der Waals surface area contributed by atoms with Crippen LogP contribution in [0, 0.1) is 0 Å². The van der Waals surface area contributed by atoms with E-state index in [0.717, 1.165) is 13.2 Å². The molecule has 0 aromatic rings. The van der Waals surface area contributed by atoms with Crippen LogP contribution in [-0.4, -0.2) is 13.2 Å². The van der Waals surface area contributed by atoms with E-state index in [2.05, 4.69) is 12.2 Å². The lowest BCUT2D eigenvalue weighted by molar-refractivity contribution is 0.128. The van der Waals surface area contributed by atoms with E-state index in [4.69, 9.17) is 4.74 Å². The summed E-state index contributed by atoms with van der Waals surface area (Å²) in [4.78, 5) is 0. The second-order valence-electron chi connectivity index (χ2n) is 4.84. The van der Waals surface area contributed by atoms with Gasteiger partial charge < -0.3 is 4.74 Å². The standard InChI is InChI=1S/C15H28O/c1-2-4-6-8-10-12-14-16-15-13-11-9-7-5-3-1/h6,8H,1-5,7,9-15H2. The van der Waals surface area contributed by atoms with Crippen LogP contribution in [0.4, 0.5) is 0 Å². The molecule has 0 N–H and O–H groups in total. The van der Waals surface area contributed by atoms with Gasteiger partial charge in [0.1, 0.15) is 0 Å². The minimum Gasteiger partial charge on any atom is -0.381 e. The van der Waals surface area contributed by atoms with Crippen LogP contribution in [0.25, 0.3) is 0 Å². The number of hydrogen-bond acceptors (Lipinski definition) is 1. The topological polar surface area (TPSA) is 9.23 Å². The molecule has 1 aliphatic rings. The predicted octanol–water partition coefficient (Wildman–Crippen LogP) is 4.86. The van der Waals surface area contributed by atoms with Gasteiger partial charge in [0.2, 0.25) is 0 Å². The van der Waals surface area contributed by atoms with Crippen LogP contribution in [0.1, 0.15) is 70.6 Å². The van der Waals surface area contributed by atoms with E-state index in [0.29, 0.717) is 0 Å². The van der Waals surface area contributed by atoms with Crippen LogP contribution >= 0.6 is 0 Å². The van der Waals surface area contributed by atoms with Crippen molar-refractivity contribution in [3.05, 3.63) is 12.2 Å². The van der Waals surface area contributed by atoms with Gasteiger partial charge in [0.15, 0.2) is 0 Å². The zero-order valence-electron chi connectivity index (χ0n) is 10.8. The van der Waals surface area contributed by atoms with Gasteiger partial charge in [-0.15, -0.1) is 0 Å². The second-order valence-corrected chi connectivity index (χ2v) is 4.84. The SMILES string of the molecule is C1=CCCCOCCCCCCCCCC1. The Hall–Kier alpha value is -0.300. The van der Waals surface area contributed by atoms with Crippen molar-refractivity contribution >= 4 is 0 Å². The maximum absolute atomic E-state index is 5.60. The van der Waals surface area contributed by atoms with E-state index in [-0.39, 0.29) is 0 Å². The number of ether oxygens (including phenoxy) is 1. The van der Waals surface area contributed by atoms with Gasteiger partial charge in [0.25, 0.3) is 0 Å². The van der Waals surface area contributed by atoms with Crippen LogP contribution in [0.15, 0.2) is 12.2 Å². The lowest BCUT2D eigenvalue weighted by Crippen LogP contribution is -1.96. The molecule has 1 rings (SSSR count). The Morgan fingerprint density at radius 2 is 1.00 bits per heavy atom. The first kappa shape index (κ1) is 13.8. The van der Waals surface area contributed by atoms with E-state index >= 15 is 0 Å². The van der Waals surface area contributed by atoms with Crippen molar-refractivity contribution in [2.75, 3.05) is 13.2 Å². The maximum atomic E-state index is 5.60. The third-order valence-corrected chi connectivity index (χ3v) is 3.24. The third-order valence-electron chi connectivity index (χ3n) is 3.24. The summed E-state index contributed by atoms with van der Waals surface area (Å²) in [7, 11) is 0. The number of rotatable bonds is 0. The van der Waals surface area contributed by atoms with Crippen LogP contribution in [0.3, 0.4) is 0 Å². The summed E-state index contributed by atoms with van der Waals surface area (Å²) < 4.78 is 5.60. The monoisotopic (exact) mass is 224 g/mol. The molecule has 1 nitrogen and oxygen atoms in total. The van der Waals surface area contributed by atoms with Gasteiger partial charge in [-0.25, -0.2) is 0 Å². The Morgan fingerprint density at radius 1 is 0.500 bits per heavy atom. The van der Waals surface area contributed by atoms with Gasteiger partial charge in [-0.1, -0.05) is 50.7 Å². The van der Waals surface area contributed by atoms with Gasteiger partial charge >= 0.3 is 0 Å². The fourth-order valence-electron chi connectivity index (χ4n) is 2.17. The molecule has 94 valence electrons. The minimum absolute atomic E-state index is 0.949. The molecule has 0 saturated heterocycles. The average Bonchev–Trinajstić information content (AvgIpc) is 2.29. The van der Waals surface area contributed by atoms with Crippen molar-refractivity contribution in [3.63, 3.8) is 0 Å². The summed E-state index contributed by atoms with van der Waals surface area (Å²) in [5.41, 5.74) is 0. The third kappa shape index (κ3) is 8.96. The molecule has 0 atom stereocenters. The Morgan fingerprint density at radius 3 is 1.75 bits per heavy atom. The molecule has 0 aromatic heterocycles. The largest absolute Gasteiger partial charge is 0.381 e. The summed E-state index contributed by atoms with van der Waals surface area (Å²) in [5, 5.41) is 0. The van der Waals surface area contributed by atoms with E-state index < -0.39 is 0 Å². The van der Waals surface area contributed by atoms with Crippen molar-refractivity contribution in [1.82, 2.24) is 0 Å². The highest BCUT2D eigenvalue weighted by molar-refractivity contribution is 4.81. The number of allylic oxidation sites excluding steroid dienone is 2. The molecule has 0 bridgehead atoms. The van der Waals surface area contributed by atoms with Gasteiger partial charge in [-0.2, -0.15) is 0 Å². The normalized spacial score (nSPS) is 23.0. The fourth-order valence-corrected chi connectivity index (χ4v) is 2.17. The summed E-state index contributed by atoms with van der Waals surface area (Å²) >= 11 is 0. The molecule has 0 amide bonds. The first-order chi connectivity index (χ1) is 8.00. The molecule has 0 radical (unpaired) electrons. The lowest BCUT2D eigenvalue weighted by Gasteiger charge is -2.04. The van der Waals surface area contributed by atoms with Crippen molar-refractivity contribution in [1.29, 1.82) is 0 Å². The molecular formula is C15H28O. The molecule has 1 aliphatic heterocycles. The van der Waals surface area contributed by atoms with Gasteiger partial charge in [0, 0.05) is 13.2 Å². The Kier molecular flexibility index (Phi) is 9.63. The Balaban J connectivity index is 2.07. The van der Waals surface area contributed by atoms with Crippen LogP contribution in [-0.2, 0) is 4.74 Å². The lowest BCUT2D eigenvalue weighted by atomic mass is 10.1. The maximum Gasteiger partial charge on any atom is 0.0468 e. The Labute approximate surface area is 101 Å². The van der Waals surface area contributed by atoms with Gasteiger partial charge in [0.05, 0.1) is 0 Å². The van der Waals surface area contributed by atoms with Crippen molar-refractivity contribution in [2.24, 2.45) is 0 Å². The van der Waals surface area contributed by atoms with E-state index in [9.17, 15) is 0 Å². The predicted molar refractivity (Wildman–Crippen MR) is 70.7 cm³/mol. The first-order valence-electron chi connectivity index (χ1n) is 7.23. The molecule has 0 aromatic carbocycles. The molecule has 1 heterocycles. The highest BCUT2D eigenvalue weighted by atomic mass is 16.5. The quantitative estimate of drug-likeness (QED) is 0.534. The van der Waals surface area contributed by atoms with E-state index in [1.165, 1.54) is 70.6 Å². The molecule has 0 spiro atoms. The minimum atomic E-state index is 0.949. The molecule has 1 heteroatoms. The first-order valence-corrected chi connectivity index (χ1v) is 7.23. The van der Waals surface area contributed by atoms with Crippen molar-refractivity contribution < 1.29 is 4.74 Å². The fraction of sp³-hybridized carbons (Fsp3) is 0.867. The zero-order chi connectivity index (χ0) is 11.3. The molecule has 16 heavy (non-hydrogen) atoms. The molecule has 0 saturated carbocycles. The Bertz CT molecular complexity index is 145. The van der Waals surface area contributed by atoms with E-state index in [1.54, 1.807) is 0 Å². The summed E-state index contributed by atoms with van der Waals surface area (Å²) in [6.45, 7) is 1.92. The van der Waals surface area contributed by atoms with Gasteiger partial charge in [-0.3, -0.25) is 0 Å². The highest BCUT2D eigenvalue weighted by Crippen LogP contribution is 2.10. The van der Waals surface area contributed by atoms with Crippen LogP contribution in [0.5, 0.6) is 0 Å². The summed E-state index contributed by atoms with van der Waals surface area (Å²) in [5.74, 6) is 0. The molecule has 0 fully saturated rings. The summed E-state index contributed by atoms with van der Waals surface area (Å²) in [6, 6.07) is 0. The van der Waals surface area contributed by atoms with E-state index in [1.807, 2.05) is 0 Å². The van der Waals surface area contributed by atoms with Gasteiger partial charge in [-0.05, 0) is 32.1 Å². The van der Waals surface area contributed by atoms with Crippen LogP contribution < -0.4 is 0 Å². The highest BCUT2D eigenvalue weighted by Gasteiger charge is 1.94. The molecule has 0 aliphatic carbocycles. The smallest absolute Gasteiger partial charge is 0.0468 e. The van der Waals surface area contributed by atoms with Crippen molar-refractivity contribution in [2.45, 2.75) is 70.6 Å². The summed E-state index contributed by atoms with van der Waals surface area (Å²) in [6.07, 6.45) is 19.5. The number of hydrogen-bond donors (Lipinski definition) is 0. The van der Waals surface area contributed by atoms with Crippen LogP contribution in [0.2, 0.25) is 0 Å². The molecule has 0 unspecified atom stereocenters. The average molecular weight is 224 g/mol. The molecular weight excluding hydrogens is 196 g/mol. The second kappa shape index (κ2) is 11.2. The zero-order valence-corrected chi connectivity index (χ0v) is 10.8. The van der Waals surface area contributed by atoms with Crippen molar-refractivity contribution in [3.8, 4) is 0 Å².